The summed E-state index contributed by atoms with van der Waals surface area (Å²) in [4.78, 5) is 0. The van der Waals surface area contributed by atoms with Gasteiger partial charge in [-0.15, -0.1) is 11.8 Å². The molecular weight excluding hydrogens is 428 g/mol. The first kappa shape index (κ1) is 21.9. The summed E-state index contributed by atoms with van der Waals surface area (Å²) in [6.45, 7) is 1.33. The minimum Gasteiger partial charge on any atom is -0.491 e. The van der Waals surface area contributed by atoms with Gasteiger partial charge in [-0.05, 0) is 47.6 Å². The maximum Gasteiger partial charge on any atom is 0.132 e. The predicted molar refractivity (Wildman–Crippen MR) is 115 cm³/mol. The van der Waals surface area contributed by atoms with Crippen LogP contribution in [0, 0.1) is 0 Å². The van der Waals surface area contributed by atoms with Gasteiger partial charge in [0.1, 0.15) is 48.3 Å². The van der Waals surface area contributed by atoms with E-state index in [1.54, 1.807) is 18.4 Å². The zero-order chi connectivity index (χ0) is 21.3. The molecule has 0 bridgehead atoms. The average molecular weight is 453 g/mol. The standard InChI is InChI=1S/C22H25ClO6S/c1-30-22-20(26)18(24)19(25)21(29-22)13-4-7-17(23)14(9-13)8-12-2-5-15(6-3-12)27-10-16-11-28-16/h2-7,9,16,18-22,24-26H,8,10-11H2,1H3/t16-,18-,19-,20+,21+,22+/m1/s1. The molecule has 0 aromatic heterocycles. The fraction of sp³-hybridized carbons (Fsp3) is 0.455. The number of epoxide rings is 1. The number of halogens is 1. The van der Waals surface area contributed by atoms with Crippen LogP contribution in [0.2, 0.25) is 5.02 Å². The van der Waals surface area contributed by atoms with Gasteiger partial charge in [-0.25, -0.2) is 0 Å². The summed E-state index contributed by atoms with van der Waals surface area (Å²) in [6.07, 6.45) is -1.82. The van der Waals surface area contributed by atoms with Crippen molar-refractivity contribution in [1.29, 1.82) is 0 Å². The number of ether oxygens (including phenoxy) is 3. The Kier molecular flexibility index (Phi) is 6.89. The van der Waals surface area contributed by atoms with Crippen molar-refractivity contribution in [2.24, 2.45) is 0 Å². The van der Waals surface area contributed by atoms with Crippen molar-refractivity contribution < 1.29 is 29.5 Å². The second kappa shape index (κ2) is 9.44. The third-order valence-electron chi connectivity index (χ3n) is 5.36. The molecule has 162 valence electrons. The number of benzene rings is 2. The SMILES string of the molecule is CS[C@@H]1O[C@@H](c2ccc(Cl)c(Cc3ccc(OC[C@@H]4CO4)cc3)c2)[C@H](O)[C@@H](O)[C@@H]1O. The van der Waals surface area contributed by atoms with Gasteiger partial charge in [0, 0.05) is 5.02 Å². The summed E-state index contributed by atoms with van der Waals surface area (Å²) in [7, 11) is 0. The second-order valence-corrected chi connectivity index (χ2v) is 8.91. The van der Waals surface area contributed by atoms with Crippen molar-refractivity contribution in [3.8, 4) is 5.75 Å². The quantitative estimate of drug-likeness (QED) is 0.556. The van der Waals surface area contributed by atoms with Gasteiger partial charge in [-0.2, -0.15) is 0 Å². The van der Waals surface area contributed by atoms with E-state index < -0.39 is 29.9 Å². The summed E-state index contributed by atoms with van der Waals surface area (Å²) in [5, 5.41) is 31.3. The lowest BCUT2D eigenvalue weighted by atomic mass is 9.92. The Balaban J connectivity index is 1.48. The van der Waals surface area contributed by atoms with Crippen molar-refractivity contribution in [1.82, 2.24) is 0 Å². The lowest BCUT2D eigenvalue weighted by Gasteiger charge is -2.40. The average Bonchev–Trinajstić information content (AvgIpc) is 3.58. The van der Waals surface area contributed by atoms with Gasteiger partial charge in [-0.1, -0.05) is 35.9 Å². The molecule has 0 amide bonds. The highest BCUT2D eigenvalue weighted by Gasteiger charge is 2.44. The number of rotatable bonds is 7. The van der Waals surface area contributed by atoms with Crippen LogP contribution in [0.4, 0.5) is 0 Å². The Bertz CT molecular complexity index is 857. The van der Waals surface area contributed by atoms with Crippen LogP contribution in [0.5, 0.6) is 5.75 Å². The molecule has 0 saturated carbocycles. The van der Waals surface area contributed by atoms with Gasteiger partial charge in [0.05, 0.1) is 6.61 Å². The summed E-state index contributed by atoms with van der Waals surface area (Å²) in [6, 6.07) is 13.2. The molecule has 2 heterocycles. The van der Waals surface area contributed by atoms with E-state index in [1.807, 2.05) is 30.3 Å². The van der Waals surface area contributed by atoms with E-state index in [0.29, 0.717) is 23.6 Å². The number of thioether (sulfide) groups is 1. The summed E-state index contributed by atoms with van der Waals surface area (Å²) >= 11 is 7.71. The third-order valence-corrected chi connectivity index (χ3v) is 6.58. The highest BCUT2D eigenvalue weighted by molar-refractivity contribution is 7.99. The van der Waals surface area contributed by atoms with Crippen molar-refractivity contribution in [3.05, 3.63) is 64.2 Å². The lowest BCUT2D eigenvalue weighted by Crippen LogP contribution is -2.52. The summed E-state index contributed by atoms with van der Waals surface area (Å²) in [5.74, 6) is 0.795. The first-order valence-electron chi connectivity index (χ1n) is 9.80. The van der Waals surface area contributed by atoms with Gasteiger partial charge in [0.15, 0.2) is 0 Å². The Hall–Kier alpha value is -1.32. The fourth-order valence-electron chi connectivity index (χ4n) is 3.50. The Labute approximate surface area is 184 Å². The molecule has 8 heteroatoms. The van der Waals surface area contributed by atoms with E-state index in [-0.39, 0.29) is 6.10 Å². The molecule has 2 aromatic carbocycles. The second-order valence-electron chi connectivity index (χ2n) is 7.57. The fourth-order valence-corrected chi connectivity index (χ4v) is 4.36. The van der Waals surface area contributed by atoms with Crippen LogP contribution >= 0.6 is 23.4 Å². The molecule has 3 N–H and O–H groups in total. The van der Waals surface area contributed by atoms with Crippen molar-refractivity contribution >= 4 is 23.4 Å². The van der Waals surface area contributed by atoms with Gasteiger partial charge in [-0.3, -0.25) is 0 Å². The predicted octanol–water partition coefficient (Wildman–Crippen LogP) is 2.55. The summed E-state index contributed by atoms with van der Waals surface area (Å²) in [5.41, 5.74) is 2.02. The molecule has 6 atom stereocenters. The monoisotopic (exact) mass is 452 g/mol. The van der Waals surface area contributed by atoms with Gasteiger partial charge >= 0.3 is 0 Å². The molecule has 0 spiro atoms. The Morgan fingerprint density at radius 1 is 1.07 bits per heavy atom. The van der Waals surface area contributed by atoms with E-state index in [1.165, 1.54) is 11.8 Å². The molecule has 2 aromatic rings. The molecule has 0 radical (unpaired) electrons. The van der Waals surface area contributed by atoms with Crippen molar-refractivity contribution in [3.63, 3.8) is 0 Å². The smallest absolute Gasteiger partial charge is 0.132 e. The Morgan fingerprint density at radius 2 is 1.80 bits per heavy atom. The summed E-state index contributed by atoms with van der Waals surface area (Å²) < 4.78 is 16.7. The topological polar surface area (TPSA) is 91.7 Å². The van der Waals surface area contributed by atoms with E-state index >= 15 is 0 Å². The van der Waals surface area contributed by atoms with Gasteiger partial charge in [0.25, 0.3) is 0 Å². The number of aliphatic hydroxyl groups excluding tert-OH is 3. The molecule has 30 heavy (non-hydrogen) atoms. The number of aliphatic hydroxyl groups is 3. The molecule has 2 saturated heterocycles. The molecule has 2 aliphatic rings. The highest BCUT2D eigenvalue weighted by atomic mass is 35.5. The maximum atomic E-state index is 10.4. The van der Waals surface area contributed by atoms with E-state index in [2.05, 4.69) is 0 Å². The molecule has 4 rings (SSSR count). The molecule has 6 nitrogen and oxygen atoms in total. The molecule has 0 aliphatic carbocycles. The number of hydrogen-bond donors (Lipinski definition) is 3. The highest BCUT2D eigenvalue weighted by Crippen LogP contribution is 2.37. The van der Waals surface area contributed by atoms with E-state index in [0.717, 1.165) is 23.5 Å². The van der Waals surface area contributed by atoms with Crippen molar-refractivity contribution in [2.75, 3.05) is 19.5 Å². The largest absolute Gasteiger partial charge is 0.491 e. The molecule has 0 unspecified atom stereocenters. The van der Waals surface area contributed by atoms with E-state index in [4.69, 9.17) is 25.8 Å². The van der Waals surface area contributed by atoms with Gasteiger partial charge < -0.3 is 29.5 Å². The Morgan fingerprint density at radius 3 is 2.47 bits per heavy atom. The first-order chi connectivity index (χ1) is 14.5. The minimum atomic E-state index is -1.28. The zero-order valence-electron chi connectivity index (χ0n) is 16.5. The molecular formula is C22H25ClO6S. The van der Waals surface area contributed by atoms with Crippen LogP contribution in [0.3, 0.4) is 0 Å². The zero-order valence-corrected chi connectivity index (χ0v) is 18.1. The molecule has 2 fully saturated rings. The van der Waals surface area contributed by atoms with Crippen LogP contribution in [-0.4, -0.2) is 64.6 Å². The normalized spacial score (nSPS) is 30.8. The van der Waals surface area contributed by atoms with Crippen LogP contribution in [0.1, 0.15) is 22.8 Å². The van der Waals surface area contributed by atoms with Crippen LogP contribution in [0.15, 0.2) is 42.5 Å². The minimum absolute atomic E-state index is 0.217. The van der Waals surface area contributed by atoms with Crippen LogP contribution in [-0.2, 0) is 15.9 Å². The third kappa shape index (κ3) is 4.94. The first-order valence-corrected chi connectivity index (χ1v) is 11.5. The van der Waals surface area contributed by atoms with Crippen molar-refractivity contribution in [2.45, 2.75) is 42.4 Å². The van der Waals surface area contributed by atoms with Crippen LogP contribution < -0.4 is 4.74 Å². The molecule has 2 aliphatic heterocycles. The number of hydrogen-bond acceptors (Lipinski definition) is 7. The van der Waals surface area contributed by atoms with Gasteiger partial charge in [0.2, 0.25) is 0 Å². The van der Waals surface area contributed by atoms with Crippen LogP contribution in [0.25, 0.3) is 0 Å². The maximum absolute atomic E-state index is 10.4. The lowest BCUT2D eigenvalue weighted by molar-refractivity contribution is -0.200. The van der Waals surface area contributed by atoms with E-state index in [9.17, 15) is 15.3 Å².